The average molecular weight is 442 g/mol. The monoisotopic (exact) mass is 441 g/mol. The van der Waals surface area contributed by atoms with Crippen LogP contribution < -0.4 is 16.3 Å². The summed E-state index contributed by atoms with van der Waals surface area (Å²) in [5, 5.41) is 7.76. The van der Waals surface area contributed by atoms with E-state index in [1.807, 2.05) is 25.1 Å². The third kappa shape index (κ3) is 3.92. The molecule has 152 valence electrons. The number of hydrogen-bond donors (Lipinski definition) is 2. The lowest BCUT2D eigenvalue weighted by atomic mass is 10.2. The Bertz CT molecular complexity index is 1280. The Balaban J connectivity index is 1.76. The Morgan fingerprint density at radius 1 is 1.07 bits per heavy atom. The highest BCUT2D eigenvalue weighted by Crippen LogP contribution is 2.32. The van der Waals surface area contributed by atoms with Gasteiger partial charge in [-0.1, -0.05) is 23.2 Å². The highest BCUT2D eigenvalue weighted by Gasteiger charge is 2.15. The topological polar surface area (TPSA) is 97.6 Å². The molecule has 0 aliphatic carbocycles. The van der Waals surface area contributed by atoms with E-state index in [2.05, 4.69) is 30.6 Å². The van der Waals surface area contributed by atoms with Crippen molar-refractivity contribution in [1.29, 1.82) is 0 Å². The van der Waals surface area contributed by atoms with E-state index in [9.17, 15) is 4.79 Å². The van der Waals surface area contributed by atoms with Gasteiger partial charge in [0.2, 0.25) is 0 Å². The third-order valence-electron chi connectivity index (χ3n) is 4.56. The summed E-state index contributed by atoms with van der Waals surface area (Å²) in [6.45, 7) is 1.90. The molecule has 0 amide bonds. The molecule has 4 rings (SSSR count). The number of benzene rings is 1. The van der Waals surface area contributed by atoms with Gasteiger partial charge in [0.1, 0.15) is 21.8 Å². The van der Waals surface area contributed by atoms with Crippen molar-refractivity contribution in [2.24, 2.45) is 7.05 Å². The molecule has 0 saturated heterocycles. The predicted molar refractivity (Wildman–Crippen MR) is 119 cm³/mol. The maximum Gasteiger partial charge on any atom is 0.349 e. The number of aromatic nitrogens is 5. The van der Waals surface area contributed by atoms with E-state index in [4.69, 9.17) is 23.2 Å². The number of halogens is 2. The Morgan fingerprint density at radius 3 is 2.60 bits per heavy atom. The van der Waals surface area contributed by atoms with E-state index in [1.54, 1.807) is 37.8 Å². The lowest BCUT2D eigenvalue weighted by Gasteiger charge is -2.17. The summed E-state index contributed by atoms with van der Waals surface area (Å²) in [6, 6.07) is 8.79. The smallest absolute Gasteiger partial charge is 0.349 e. The molecule has 1 aromatic carbocycles. The Hall–Kier alpha value is -3.23. The maximum atomic E-state index is 12.4. The fraction of sp³-hybridized carbons (Fsp3) is 0.150. The minimum Gasteiger partial charge on any atom is -0.360 e. The van der Waals surface area contributed by atoms with Crippen LogP contribution in [-0.4, -0.2) is 24.5 Å². The number of pyridine rings is 1. The molecule has 10 heteroatoms. The molecule has 0 bridgehead atoms. The van der Waals surface area contributed by atoms with E-state index in [-0.39, 0.29) is 16.9 Å². The summed E-state index contributed by atoms with van der Waals surface area (Å²) >= 11 is 12.2. The van der Waals surface area contributed by atoms with Crippen molar-refractivity contribution in [3.63, 3.8) is 0 Å². The normalized spacial score (nSPS) is 12.0. The van der Waals surface area contributed by atoms with Gasteiger partial charge in [0.05, 0.1) is 17.2 Å². The first-order valence-corrected chi connectivity index (χ1v) is 9.81. The van der Waals surface area contributed by atoms with Gasteiger partial charge in [-0.25, -0.2) is 19.7 Å². The average Bonchev–Trinajstić information content (AvgIpc) is 2.75. The van der Waals surface area contributed by atoms with Crippen LogP contribution in [0.1, 0.15) is 18.8 Å². The number of nitrogens with zero attached hydrogens (tertiary/aromatic N) is 5. The van der Waals surface area contributed by atoms with E-state index in [1.165, 1.54) is 4.57 Å². The van der Waals surface area contributed by atoms with Crippen molar-refractivity contribution in [2.75, 3.05) is 10.6 Å². The van der Waals surface area contributed by atoms with Crippen molar-refractivity contribution in [2.45, 2.75) is 13.0 Å². The number of aryl methyl sites for hydroxylation is 1. The third-order valence-corrected chi connectivity index (χ3v) is 5.33. The van der Waals surface area contributed by atoms with Crippen LogP contribution in [0.2, 0.25) is 10.2 Å². The fourth-order valence-electron chi connectivity index (χ4n) is 3.01. The summed E-state index contributed by atoms with van der Waals surface area (Å²) in [6.07, 6.45) is 4.90. The SMILES string of the molecule is CC(Nc1nc(=O)n(C)c2ccc(Nc3ccnc(Cl)c3Cl)cc12)c1ncccn1. The van der Waals surface area contributed by atoms with Gasteiger partial charge < -0.3 is 10.6 Å². The molecule has 3 aromatic heterocycles. The molecule has 8 nitrogen and oxygen atoms in total. The van der Waals surface area contributed by atoms with Crippen LogP contribution in [0.4, 0.5) is 17.2 Å². The van der Waals surface area contributed by atoms with Gasteiger partial charge in [0.15, 0.2) is 0 Å². The fourth-order valence-corrected chi connectivity index (χ4v) is 3.33. The van der Waals surface area contributed by atoms with Gasteiger partial charge in [-0.2, -0.15) is 4.98 Å². The van der Waals surface area contributed by atoms with Crippen molar-refractivity contribution in [3.05, 3.63) is 75.4 Å². The second-order valence-corrected chi connectivity index (χ2v) is 7.33. The molecule has 0 saturated carbocycles. The zero-order valence-electron chi connectivity index (χ0n) is 16.1. The molecule has 4 aromatic rings. The molecule has 0 aliphatic rings. The zero-order valence-corrected chi connectivity index (χ0v) is 17.6. The van der Waals surface area contributed by atoms with Gasteiger partial charge in [-0.15, -0.1) is 0 Å². The van der Waals surface area contributed by atoms with Crippen LogP contribution in [0.25, 0.3) is 10.9 Å². The van der Waals surface area contributed by atoms with Crippen LogP contribution in [-0.2, 0) is 7.05 Å². The quantitative estimate of drug-likeness (QED) is 0.444. The number of rotatable bonds is 5. The summed E-state index contributed by atoms with van der Waals surface area (Å²) in [5.41, 5.74) is 1.73. The maximum absolute atomic E-state index is 12.4. The molecule has 0 radical (unpaired) electrons. The number of nitrogens with one attached hydrogen (secondary N) is 2. The molecule has 3 heterocycles. The molecule has 30 heavy (non-hydrogen) atoms. The first-order chi connectivity index (χ1) is 14.4. The first kappa shape index (κ1) is 20.1. The minimum atomic E-state index is -0.365. The molecular weight excluding hydrogens is 425 g/mol. The van der Waals surface area contributed by atoms with Crippen LogP contribution >= 0.6 is 23.2 Å². The van der Waals surface area contributed by atoms with Gasteiger partial charge in [0, 0.05) is 36.7 Å². The highest BCUT2D eigenvalue weighted by molar-refractivity contribution is 6.43. The predicted octanol–water partition coefficient (Wildman–Crippen LogP) is 4.34. The lowest BCUT2D eigenvalue weighted by molar-refractivity contribution is 0.776. The van der Waals surface area contributed by atoms with E-state index >= 15 is 0 Å². The first-order valence-electron chi connectivity index (χ1n) is 9.05. The largest absolute Gasteiger partial charge is 0.360 e. The minimum absolute atomic E-state index is 0.213. The Morgan fingerprint density at radius 2 is 1.83 bits per heavy atom. The molecule has 0 spiro atoms. The van der Waals surface area contributed by atoms with E-state index < -0.39 is 0 Å². The summed E-state index contributed by atoms with van der Waals surface area (Å²) < 4.78 is 1.49. The second kappa shape index (κ2) is 8.25. The van der Waals surface area contributed by atoms with Gasteiger partial charge in [-0.3, -0.25) is 4.57 Å². The molecule has 0 aliphatic heterocycles. The van der Waals surface area contributed by atoms with Crippen LogP contribution in [0.5, 0.6) is 0 Å². The lowest BCUT2D eigenvalue weighted by Crippen LogP contribution is -2.23. The van der Waals surface area contributed by atoms with Gasteiger partial charge in [0.25, 0.3) is 0 Å². The van der Waals surface area contributed by atoms with Gasteiger partial charge >= 0.3 is 5.69 Å². The zero-order chi connectivity index (χ0) is 21.3. The van der Waals surface area contributed by atoms with E-state index in [0.29, 0.717) is 22.4 Å². The molecule has 1 unspecified atom stereocenters. The summed E-state index contributed by atoms with van der Waals surface area (Å²) in [5.74, 6) is 1.04. The molecule has 0 fully saturated rings. The van der Waals surface area contributed by atoms with Gasteiger partial charge in [-0.05, 0) is 37.3 Å². The van der Waals surface area contributed by atoms with Crippen LogP contribution in [0.15, 0.2) is 53.7 Å². The van der Waals surface area contributed by atoms with Crippen LogP contribution in [0.3, 0.4) is 0 Å². The number of hydrogen-bond acceptors (Lipinski definition) is 7. The number of anilines is 3. The Labute approximate surface area is 181 Å². The van der Waals surface area contributed by atoms with Crippen molar-refractivity contribution >= 4 is 51.3 Å². The van der Waals surface area contributed by atoms with Crippen molar-refractivity contribution in [1.82, 2.24) is 24.5 Å². The van der Waals surface area contributed by atoms with Crippen molar-refractivity contribution < 1.29 is 0 Å². The number of fused-ring (bicyclic) bond motifs is 1. The van der Waals surface area contributed by atoms with Crippen molar-refractivity contribution in [3.8, 4) is 0 Å². The molecular formula is C20H17Cl2N7O. The molecule has 1 atom stereocenters. The summed E-state index contributed by atoms with van der Waals surface area (Å²) in [7, 11) is 1.68. The summed E-state index contributed by atoms with van der Waals surface area (Å²) in [4.78, 5) is 29.0. The Kier molecular flexibility index (Phi) is 5.52. The van der Waals surface area contributed by atoms with E-state index in [0.717, 1.165) is 16.6 Å². The molecule has 2 N–H and O–H groups in total. The second-order valence-electron chi connectivity index (χ2n) is 6.60. The highest BCUT2D eigenvalue weighted by atomic mass is 35.5. The standard InChI is InChI=1S/C20H17Cl2N7O/c1-11(18-24-7-3-8-25-18)26-19-13-10-12(4-5-15(13)29(2)20(30)28-19)27-14-6-9-23-17(22)16(14)21/h3-11H,1-2H3,(H,23,27)(H,26,28,30). The van der Waals surface area contributed by atoms with Crippen LogP contribution in [0, 0.1) is 0 Å².